The predicted molar refractivity (Wildman–Crippen MR) is 108 cm³/mol. The molecule has 0 unspecified atom stereocenters. The van der Waals surface area contributed by atoms with Gasteiger partial charge in [-0.05, 0) is 25.3 Å². The predicted octanol–water partition coefficient (Wildman–Crippen LogP) is -0.209. The van der Waals surface area contributed by atoms with Crippen molar-refractivity contribution in [3.05, 3.63) is 35.9 Å². The Labute approximate surface area is 170 Å². The number of nitrogens with one attached hydrogen (secondary N) is 3. The summed E-state index contributed by atoms with van der Waals surface area (Å²) in [7, 11) is 0. The number of carbonyl (C=O) groups is 4. The quantitative estimate of drug-likeness (QED) is 0.363. The van der Waals surface area contributed by atoms with Crippen molar-refractivity contribution in [1.29, 1.82) is 0 Å². The molecule has 1 aromatic carbocycles. The molecule has 0 aliphatic heterocycles. The van der Waals surface area contributed by atoms with Crippen molar-refractivity contribution in [3.8, 4) is 0 Å². The van der Waals surface area contributed by atoms with Crippen molar-refractivity contribution >= 4 is 23.7 Å². The van der Waals surface area contributed by atoms with Gasteiger partial charge in [0.15, 0.2) is 0 Å². The van der Waals surface area contributed by atoms with Gasteiger partial charge in [-0.25, -0.2) is 0 Å². The molecular formula is C20H30N4O5. The first kappa shape index (κ1) is 24.1. The number of amides is 3. The topological polar surface area (TPSA) is 151 Å². The number of aliphatic carboxylic acids is 1. The number of carboxylic acids is 1. The number of carbonyl (C=O) groups excluding carboxylic acids is 3. The first-order valence-electron chi connectivity index (χ1n) is 9.46. The van der Waals surface area contributed by atoms with Crippen molar-refractivity contribution in [2.45, 2.75) is 58.3 Å². The van der Waals surface area contributed by atoms with Gasteiger partial charge in [-0.2, -0.15) is 0 Å². The van der Waals surface area contributed by atoms with Crippen molar-refractivity contribution < 1.29 is 24.3 Å². The van der Waals surface area contributed by atoms with Crippen LogP contribution >= 0.6 is 0 Å². The minimum Gasteiger partial charge on any atom is -0.480 e. The van der Waals surface area contributed by atoms with Gasteiger partial charge in [-0.15, -0.1) is 0 Å². The number of nitrogens with two attached hydrogens (primary N) is 1. The van der Waals surface area contributed by atoms with Crippen LogP contribution in [0.4, 0.5) is 0 Å². The smallest absolute Gasteiger partial charge is 0.325 e. The molecule has 3 amide bonds. The zero-order valence-corrected chi connectivity index (χ0v) is 17.1. The van der Waals surface area contributed by atoms with Gasteiger partial charge in [-0.3, -0.25) is 19.2 Å². The largest absolute Gasteiger partial charge is 0.480 e. The summed E-state index contributed by atoms with van der Waals surface area (Å²) in [6.07, 6.45) is 0.211. The third kappa shape index (κ3) is 7.90. The Morgan fingerprint density at radius 2 is 1.41 bits per heavy atom. The van der Waals surface area contributed by atoms with E-state index in [2.05, 4.69) is 16.0 Å². The molecule has 0 heterocycles. The number of hydrogen-bond donors (Lipinski definition) is 5. The zero-order chi connectivity index (χ0) is 22.1. The van der Waals surface area contributed by atoms with E-state index in [0.717, 1.165) is 5.56 Å². The molecule has 9 heteroatoms. The fourth-order valence-corrected chi connectivity index (χ4v) is 2.41. The van der Waals surface area contributed by atoms with Crippen LogP contribution in [0.3, 0.4) is 0 Å². The number of carboxylic acid groups (broad SMARTS) is 1. The molecule has 0 bridgehead atoms. The first-order chi connectivity index (χ1) is 13.5. The van der Waals surface area contributed by atoms with Crippen LogP contribution in [-0.2, 0) is 25.6 Å². The van der Waals surface area contributed by atoms with Crippen LogP contribution in [0.5, 0.6) is 0 Å². The van der Waals surface area contributed by atoms with E-state index in [9.17, 15) is 19.2 Å². The molecule has 0 aliphatic rings. The Bertz CT molecular complexity index is 723. The van der Waals surface area contributed by atoms with E-state index in [4.69, 9.17) is 10.8 Å². The van der Waals surface area contributed by atoms with Gasteiger partial charge in [0.1, 0.15) is 18.1 Å². The molecule has 0 aromatic heterocycles. The number of hydrogen-bond acceptors (Lipinski definition) is 5. The molecule has 0 saturated heterocycles. The van der Waals surface area contributed by atoms with E-state index in [1.165, 1.54) is 13.8 Å². The Hall–Kier alpha value is -2.94. The SMILES string of the molecule is CC(C)[C@H](N)C(=O)N[C@@H](Cc1ccccc1)C(=O)N[C@@H](C)C(=O)N[C@@H](C)C(=O)O. The fourth-order valence-electron chi connectivity index (χ4n) is 2.41. The first-order valence-corrected chi connectivity index (χ1v) is 9.46. The van der Waals surface area contributed by atoms with Crippen LogP contribution in [0.2, 0.25) is 0 Å². The molecule has 6 N–H and O–H groups in total. The van der Waals surface area contributed by atoms with Crippen molar-refractivity contribution in [1.82, 2.24) is 16.0 Å². The van der Waals surface area contributed by atoms with E-state index in [0.29, 0.717) is 0 Å². The van der Waals surface area contributed by atoms with Crippen molar-refractivity contribution in [3.63, 3.8) is 0 Å². The molecule has 1 rings (SSSR count). The molecular weight excluding hydrogens is 376 g/mol. The summed E-state index contributed by atoms with van der Waals surface area (Å²) in [6.45, 7) is 6.35. The minimum atomic E-state index is -1.19. The lowest BCUT2D eigenvalue weighted by atomic mass is 10.0. The summed E-state index contributed by atoms with van der Waals surface area (Å²) in [6, 6.07) is 5.30. The average molecular weight is 406 g/mol. The third-order valence-electron chi connectivity index (χ3n) is 4.42. The zero-order valence-electron chi connectivity index (χ0n) is 17.1. The maximum absolute atomic E-state index is 12.7. The second kappa shape index (κ2) is 11.2. The Kier molecular flexibility index (Phi) is 9.27. The molecule has 0 spiro atoms. The van der Waals surface area contributed by atoms with Gasteiger partial charge in [0, 0.05) is 6.42 Å². The normalized spacial score (nSPS) is 15.0. The monoisotopic (exact) mass is 406 g/mol. The van der Waals surface area contributed by atoms with E-state index in [1.54, 1.807) is 13.8 Å². The summed E-state index contributed by atoms with van der Waals surface area (Å²) in [5, 5.41) is 16.3. The van der Waals surface area contributed by atoms with Crippen LogP contribution < -0.4 is 21.7 Å². The highest BCUT2D eigenvalue weighted by Crippen LogP contribution is 2.06. The molecule has 1 aromatic rings. The summed E-state index contributed by atoms with van der Waals surface area (Å²) in [5.74, 6) is -2.97. The molecule has 0 radical (unpaired) electrons. The van der Waals surface area contributed by atoms with Crippen LogP contribution in [0.25, 0.3) is 0 Å². The molecule has 4 atom stereocenters. The molecule has 9 nitrogen and oxygen atoms in total. The summed E-state index contributed by atoms with van der Waals surface area (Å²) in [4.78, 5) is 48.1. The summed E-state index contributed by atoms with van der Waals surface area (Å²) >= 11 is 0. The number of benzene rings is 1. The Morgan fingerprint density at radius 1 is 0.862 bits per heavy atom. The summed E-state index contributed by atoms with van der Waals surface area (Å²) < 4.78 is 0. The average Bonchev–Trinajstić information content (AvgIpc) is 2.66. The van der Waals surface area contributed by atoms with Gasteiger partial charge in [0.25, 0.3) is 0 Å². The van der Waals surface area contributed by atoms with Gasteiger partial charge in [0.05, 0.1) is 6.04 Å². The number of rotatable bonds is 10. The van der Waals surface area contributed by atoms with Crippen LogP contribution in [0.1, 0.15) is 33.3 Å². The minimum absolute atomic E-state index is 0.113. The van der Waals surface area contributed by atoms with E-state index < -0.39 is 47.9 Å². The van der Waals surface area contributed by atoms with Crippen LogP contribution in [-0.4, -0.2) is 53.0 Å². The highest BCUT2D eigenvalue weighted by atomic mass is 16.4. The van der Waals surface area contributed by atoms with Gasteiger partial charge in [-0.1, -0.05) is 44.2 Å². The van der Waals surface area contributed by atoms with Crippen LogP contribution in [0, 0.1) is 5.92 Å². The second-order valence-electron chi connectivity index (χ2n) is 7.32. The maximum atomic E-state index is 12.7. The lowest BCUT2D eigenvalue weighted by molar-refractivity contribution is -0.141. The van der Waals surface area contributed by atoms with Crippen molar-refractivity contribution in [2.75, 3.05) is 0 Å². The van der Waals surface area contributed by atoms with Crippen LogP contribution in [0.15, 0.2) is 30.3 Å². The van der Waals surface area contributed by atoms with Gasteiger partial charge >= 0.3 is 5.97 Å². The second-order valence-corrected chi connectivity index (χ2v) is 7.32. The lowest BCUT2D eigenvalue weighted by Crippen LogP contribution is -2.57. The maximum Gasteiger partial charge on any atom is 0.325 e. The third-order valence-corrected chi connectivity index (χ3v) is 4.42. The molecule has 0 aliphatic carbocycles. The van der Waals surface area contributed by atoms with Gasteiger partial charge < -0.3 is 26.8 Å². The molecule has 0 fully saturated rings. The van der Waals surface area contributed by atoms with Gasteiger partial charge in [0.2, 0.25) is 17.7 Å². The van der Waals surface area contributed by atoms with Crippen molar-refractivity contribution in [2.24, 2.45) is 11.7 Å². The highest BCUT2D eigenvalue weighted by molar-refractivity contribution is 5.94. The molecule has 29 heavy (non-hydrogen) atoms. The van der Waals surface area contributed by atoms with E-state index >= 15 is 0 Å². The highest BCUT2D eigenvalue weighted by Gasteiger charge is 2.28. The molecule has 0 saturated carbocycles. The Morgan fingerprint density at radius 3 is 1.93 bits per heavy atom. The Balaban J connectivity index is 2.87. The molecule has 160 valence electrons. The lowest BCUT2D eigenvalue weighted by Gasteiger charge is -2.24. The summed E-state index contributed by atoms with van der Waals surface area (Å²) in [5.41, 5.74) is 6.69. The van der Waals surface area contributed by atoms with E-state index in [-0.39, 0.29) is 12.3 Å². The fraction of sp³-hybridized carbons (Fsp3) is 0.500. The van der Waals surface area contributed by atoms with E-state index in [1.807, 2.05) is 30.3 Å². The standard InChI is InChI=1S/C20H30N4O5/c1-11(2)16(21)19(27)24-15(10-14-8-6-5-7-9-14)18(26)22-12(3)17(25)23-13(4)20(28)29/h5-9,11-13,15-16H,10,21H2,1-4H3,(H,22,26)(H,23,25)(H,24,27)(H,28,29)/t12-,13-,15-,16-/m0/s1.